The highest BCUT2D eigenvalue weighted by molar-refractivity contribution is 7.21. The van der Waals surface area contributed by atoms with E-state index in [1.807, 2.05) is 30.3 Å². The van der Waals surface area contributed by atoms with E-state index < -0.39 is 17.7 Å². The fourth-order valence-corrected chi connectivity index (χ4v) is 5.71. The highest BCUT2D eigenvalue weighted by Crippen LogP contribution is 2.36. The number of aromatic nitrogens is 2. The van der Waals surface area contributed by atoms with Gasteiger partial charge in [0.1, 0.15) is 0 Å². The molecular formula is C25H27N5O4S. The molecule has 10 heteroatoms. The second kappa shape index (κ2) is 8.63. The number of aliphatic hydroxyl groups excluding tert-OH is 1. The summed E-state index contributed by atoms with van der Waals surface area (Å²) in [5.41, 5.74) is 2.02. The van der Waals surface area contributed by atoms with Crippen molar-refractivity contribution in [2.24, 2.45) is 0 Å². The predicted molar refractivity (Wildman–Crippen MR) is 136 cm³/mol. The molecule has 0 aliphatic carbocycles. The number of amides is 2. The molecule has 0 saturated carbocycles. The summed E-state index contributed by atoms with van der Waals surface area (Å²) in [6.07, 6.45) is 3.10. The summed E-state index contributed by atoms with van der Waals surface area (Å²) >= 11 is 1.33. The molecule has 1 fully saturated rings. The van der Waals surface area contributed by atoms with Crippen LogP contribution in [0.3, 0.4) is 0 Å². The minimum Gasteiger partial charge on any atom is -0.391 e. The number of aliphatic hydroxyl groups is 2. The maximum absolute atomic E-state index is 13.3. The Morgan fingerprint density at radius 2 is 2.00 bits per heavy atom. The Labute approximate surface area is 206 Å². The molecular weight excluding hydrogens is 466 g/mol. The summed E-state index contributed by atoms with van der Waals surface area (Å²) in [4.78, 5) is 31.9. The zero-order chi connectivity index (χ0) is 24.9. The number of benzene rings is 1. The van der Waals surface area contributed by atoms with Gasteiger partial charge in [-0.1, -0.05) is 0 Å². The number of nitrogens with zero attached hydrogens (tertiary/aromatic N) is 3. The number of anilines is 2. The van der Waals surface area contributed by atoms with Gasteiger partial charge >= 0.3 is 6.03 Å². The molecule has 0 unspecified atom stereocenters. The van der Waals surface area contributed by atoms with Crippen LogP contribution in [0.15, 0.2) is 48.8 Å². The summed E-state index contributed by atoms with van der Waals surface area (Å²) in [7, 11) is 1.59. The van der Waals surface area contributed by atoms with Crippen molar-refractivity contribution >= 4 is 55.8 Å². The third-order valence-electron chi connectivity index (χ3n) is 6.38. The number of likely N-dealkylation sites (tertiary alicyclic amines) is 1. The molecule has 0 radical (unpaired) electrons. The van der Waals surface area contributed by atoms with Crippen LogP contribution in [0, 0.1) is 0 Å². The standard InChI is InChI=1S/C25H27N5O4S/c1-25(2,34)21-11-16(31)13-30(21)23(32)20-12-18-22(35-20)17(6-8-27-18)28-15-4-5-19-14(10-15)7-9-29(19)24(33)26-3/h4-10,12,16,21,31,34H,11,13H2,1-3H3,(H,26,33)(H,27,28)/t16-,21+/m1/s1. The third-order valence-corrected chi connectivity index (χ3v) is 7.53. The Hall–Kier alpha value is -3.47. The van der Waals surface area contributed by atoms with Gasteiger partial charge in [-0.2, -0.15) is 0 Å². The van der Waals surface area contributed by atoms with Gasteiger partial charge in [-0.05, 0) is 56.7 Å². The maximum atomic E-state index is 13.3. The van der Waals surface area contributed by atoms with Crippen LogP contribution in [0.2, 0.25) is 0 Å². The Morgan fingerprint density at radius 3 is 2.74 bits per heavy atom. The Bertz CT molecular complexity index is 1440. The molecule has 1 saturated heterocycles. The second-order valence-electron chi connectivity index (χ2n) is 9.34. The zero-order valence-corrected chi connectivity index (χ0v) is 20.5. The molecule has 4 aromatic rings. The van der Waals surface area contributed by atoms with E-state index in [1.165, 1.54) is 11.3 Å². The monoisotopic (exact) mass is 493 g/mol. The highest BCUT2D eigenvalue weighted by atomic mass is 32.1. The van der Waals surface area contributed by atoms with Gasteiger partial charge in [-0.25, -0.2) is 4.79 Å². The lowest BCUT2D eigenvalue weighted by molar-refractivity contribution is 0.000157. The normalized spacial score (nSPS) is 18.4. The Morgan fingerprint density at radius 1 is 1.20 bits per heavy atom. The van der Waals surface area contributed by atoms with Crippen LogP contribution >= 0.6 is 11.3 Å². The fraction of sp³-hybridized carbons (Fsp3) is 0.320. The number of pyridine rings is 1. The Kier molecular flexibility index (Phi) is 5.74. The number of fused-ring (bicyclic) bond motifs is 2. The summed E-state index contributed by atoms with van der Waals surface area (Å²) < 4.78 is 2.38. The van der Waals surface area contributed by atoms with Crippen molar-refractivity contribution in [3.05, 3.63) is 53.7 Å². The van der Waals surface area contributed by atoms with Gasteiger partial charge in [-0.15, -0.1) is 11.3 Å². The van der Waals surface area contributed by atoms with Crippen LogP contribution in [-0.2, 0) is 0 Å². The van der Waals surface area contributed by atoms with Gasteiger partial charge in [0.05, 0.1) is 44.0 Å². The second-order valence-corrected chi connectivity index (χ2v) is 10.4. The molecule has 35 heavy (non-hydrogen) atoms. The number of β-amino-alcohol motifs (C(OH)–C–C–N with tert-alkyl or cyclic N) is 1. The van der Waals surface area contributed by atoms with Crippen molar-refractivity contribution in [2.45, 2.75) is 38.0 Å². The average Bonchev–Trinajstić information content (AvgIpc) is 3.54. The first kappa shape index (κ1) is 23.3. The van der Waals surface area contributed by atoms with Gasteiger partial charge < -0.3 is 25.7 Å². The van der Waals surface area contributed by atoms with Crippen LogP contribution in [0.5, 0.6) is 0 Å². The van der Waals surface area contributed by atoms with Crippen LogP contribution in [0.1, 0.15) is 29.9 Å². The molecule has 1 aromatic carbocycles. The first-order valence-electron chi connectivity index (χ1n) is 11.4. The molecule has 2 amide bonds. The van der Waals surface area contributed by atoms with Gasteiger partial charge in [0.15, 0.2) is 0 Å². The smallest absolute Gasteiger partial charge is 0.325 e. The van der Waals surface area contributed by atoms with Crippen molar-refractivity contribution in [2.75, 3.05) is 18.9 Å². The average molecular weight is 494 g/mol. The topological polar surface area (TPSA) is 120 Å². The van der Waals surface area contributed by atoms with Crippen molar-refractivity contribution in [3.8, 4) is 0 Å². The SMILES string of the molecule is CNC(=O)n1ccc2cc(Nc3ccnc4cc(C(=O)N5C[C@H](O)C[C@H]5C(C)(C)O)sc34)ccc21. The number of nitrogens with one attached hydrogen (secondary N) is 2. The van der Waals surface area contributed by atoms with Crippen molar-refractivity contribution in [3.63, 3.8) is 0 Å². The summed E-state index contributed by atoms with van der Waals surface area (Å²) in [6.45, 7) is 3.50. The molecule has 1 aliphatic heterocycles. The predicted octanol–water partition coefficient (Wildman–Crippen LogP) is 3.53. The lowest BCUT2D eigenvalue weighted by Crippen LogP contribution is -2.48. The highest BCUT2D eigenvalue weighted by Gasteiger charge is 2.43. The summed E-state index contributed by atoms with van der Waals surface area (Å²) in [5, 5.41) is 27.6. The van der Waals surface area contributed by atoms with Crippen LogP contribution in [0.4, 0.5) is 16.2 Å². The van der Waals surface area contributed by atoms with E-state index in [2.05, 4.69) is 15.6 Å². The molecule has 0 spiro atoms. The lowest BCUT2D eigenvalue weighted by Gasteiger charge is -2.33. The first-order valence-corrected chi connectivity index (χ1v) is 12.2. The van der Waals surface area contributed by atoms with E-state index in [9.17, 15) is 19.8 Å². The van der Waals surface area contributed by atoms with Gasteiger partial charge in [-0.3, -0.25) is 14.3 Å². The van der Waals surface area contributed by atoms with E-state index in [-0.39, 0.29) is 18.5 Å². The third kappa shape index (κ3) is 4.24. The zero-order valence-electron chi connectivity index (χ0n) is 19.6. The molecule has 4 N–H and O–H groups in total. The van der Waals surface area contributed by atoms with Crippen LogP contribution in [0.25, 0.3) is 21.1 Å². The van der Waals surface area contributed by atoms with E-state index in [4.69, 9.17) is 0 Å². The number of thiophene rings is 1. The molecule has 9 nitrogen and oxygen atoms in total. The quantitative estimate of drug-likeness (QED) is 0.345. The molecule has 1 aliphatic rings. The van der Waals surface area contributed by atoms with Crippen molar-refractivity contribution in [1.29, 1.82) is 0 Å². The van der Waals surface area contributed by atoms with Gasteiger partial charge in [0, 0.05) is 37.1 Å². The van der Waals surface area contributed by atoms with Crippen LogP contribution < -0.4 is 10.6 Å². The van der Waals surface area contributed by atoms with E-state index in [0.717, 1.165) is 27.0 Å². The largest absolute Gasteiger partial charge is 0.391 e. The van der Waals surface area contributed by atoms with E-state index in [1.54, 1.807) is 48.8 Å². The maximum Gasteiger partial charge on any atom is 0.325 e. The molecule has 2 atom stereocenters. The number of hydrogen-bond acceptors (Lipinski definition) is 7. The molecule has 3 aromatic heterocycles. The van der Waals surface area contributed by atoms with Crippen LogP contribution in [-0.4, -0.2) is 67.9 Å². The first-order chi connectivity index (χ1) is 16.7. The van der Waals surface area contributed by atoms with Crippen molar-refractivity contribution < 1.29 is 19.8 Å². The molecule has 4 heterocycles. The summed E-state index contributed by atoms with van der Waals surface area (Å²) in [6, 6.07) is 10.6. The minimum atomic E-state index is -1.12. The van der Waals surface area contributed by atoms with Crippen molar-refractivity contribution in [1.82, 2.24) is 19.8 Å². The number of carbonyl (C=O) groups excluding carboxylic acids is 2. The van der Waals surface area contributed by atoms with E-state index >= 15 is 0 Å². The molecule has 182 valence electrons. The summed E-state index contributed by atoms with van der Waals surface area (Å²) in [5.74, 6) is -0.223. The Balaban J connectivity index is 1.44. The van der Waals surface area contributed by atoms with Gasteiger partial charge in [0.2, 0.25) is 0 Å². The fourth-order valence-electron chi connectivity index (χ4n) is 4.66. The minimum absolute atomic E-state index is 0.190. The van der Waals surface area contributed by atoms with Gasteiger partial charge in [0.25, 0.3) is 5.91 Å². The van der Waals surface area contributed by atoms with E-state index in [0.29, 0.717) is 16.8 Å². The molecule has 5 rings (SSSR count). The molecule has 0 bridgehead atoms. The number of hydrogen-bond donors (Lipinski definition) is 4. The number of carbonyl (C=O) groups is 2. The lowest BCUT2D eigenvalue weighted by atomic mass is 9.96. The number of rotatable bonds is 4.